The second kappa shape index (κ2) is 8.11. The van der Waals surface area contributed by atoms with Gasteiger partial charge in [-0.25, -0.2) is 0 Å². The van der Waals surface area contributed by atoms with Gasteiger partial charge in [0.2, 0.25) is 5.91 Å². The number of aliphatic hydroxyl groups is 1. The highest BCUT2D eigenvalue weighted by molar-refractivity contribution is 5.94. The summed E-state index contributed by atoms with van der Waals surface area (Å²) in [5, 5.41) is 15.9. The van der Waals surface area contributed by atoms with Gasteiger partial charge < -0.3 is 15.7 Å². The number of carbonyl (C=O) groups excluding carboxylic acids is 2. The molecule has 2 amide bonds. The summed E-state index contributed by atoms with van der Waals surface area (Å²) in [6.07, 6.45) is 5.07. The lowest BCUT2D eigenvalue weighted by Gasteiger charge is -2.22. The average Bonchev–Trinajstić information content (AvgIpc) is 2.98. The molecule has 1 aliphatic carbocycles. The van der Waals surface area contributed by atoms with Crippen molar-refractivity contribution in [1.29, 1.82) is 0 Å². The van der Waals surface area contributed by atoms with Crippen molar-refractivity contribution in [1.82, 2.24) is 10.6 Å². The van der Waals surface area contributed by atoms with E-state index >= 15 is 0 Å². The van der Waals surface area contributed by atoms with Gasteiger partial charge in [0, 0.05) is 24.7 Å². The standard InChI is InChI=1S/C19H26N2O3/c1-14(2)11-17(22)20-12-15-5-7-16(8-6-15)18(23)21-13-19(24)9-3-4-10-19/h5-8,11,24H,3-4,9-10,12-13H2,1-2H3,(H,20,22)(H,21,23). The fraction of sp³-hybridized carbons (Fsp3) is 0.474. The number of hydrogen-bond donors (Lipinski definition) is 3. The molecule has 5 nitrogen and oxygen atoms in total. The summed E-state index contributed by atoms with van der Waals surface area (Å²) < 4.78 is 0. The fourth-order valence-electron chi connectivity index (χ4n) is 2.83. The Balaban J connectivity index is 1.83. The molecule has 3 N–H and O–H groups in total. The molecule has 1 aromatic carbocycles. The van der Waals surface area contributed by atoms with Gasteiger partial charge >= 0.3 is 0 Å². The van der Waals surface area contributed by atoms with Gasteiger partial charge in [-0.05, 0) is 44.4 Å². The molecule has 0 saturated heterocycles. The van der Waals surface area contributed by atoms with E-state index in [1.165, 1.54) is 0 Å². The highest BCUT2D eigenvalue weighted by Gasteiger charge is 2.31. The molecule has 1 saturated carbocycles. The molecule has 5 heteroatoms. The van der Waals surface area contributed by atoms with E-state index < -0.39 is 5.60 Å². The zero-order chi connectivity index (χ0) is 17.6. The summed E-state index contributed by atoms with van der Waals surface area (Å²) in [6, 6.07) is 7.11. The summed E-state index contributed by atoms with van der Waals surface area (Å²) in [5.74, 6) is -0.308. The van der Waals surface area contributed by atoms with Crippen LogP contribution >= 0.6 is 0 Å². The highest BCUT2D eigenvalue weighted by Crippen LogP contribution is 2.28. The predicted octanol–water partition coefficient (Wildman–Crippen LogP) is 2.30. The predicted molar refractivity (Wildman–Crippen MR) is 93.5 cm³/mol. The Kier molecular flexibility index (Phi) is 6.15. The molecule has 0 bridgehead atoms. The number of benzene rings is 1. The smallest absolute Gasteiger partial charge is 0.251 e. The van der Waals surface area contributed by atoms with E-state index in [1.807, 2.05) is 26.0 Å². The van der Waals surface area contributed by atoms with Gasteiger partial charge in [-0.2, -0.15) is 0 Å². The molecule has 0 atom stereocenters. The van der Waals surface area contributed by atoms with Crippen LogP contribution in [0, 0.1) is 0 Å². The number of nitrogens with one attached hydrogen (secondary N) is 2. The topological polar surface area (TPSA) is 78.4 Å². The quantitative estimate of drug-likeness (QED) is 0.700. The van der Waals surface area contributed by atoms with Crippen LogP contribution in [0.1, 0.15) is 55.5 Å². The Labute approximate surface area is 143 Å². The number of carbonyl (C=O) groups is 2. The van der Waals surface area contributed by atoms with Crippen molar-refractivity contribution in [2.75, 3.05) is 6.54 Å². The van der Waals surface area contributed by atoms with Gasteiger partial charge in [-0.15, -0.1) is 0 Å². The Morgan fingerprint density at radius 1 is 1.12 bits per heavy atom. The summed E-state index contributed by atoms with van der Waals surface area (Å²) in [5.41, 5.74) is 1.68. The van der Waals surface area contributed by atoms with E-state index in [2.05, 4.69) is 10.6 Å². The minimum atomic E-state index is -0.745. The Bertz CT molecular complexity index is 610. The van der Waals surface area contributed by atoms with E-state index in [0.717, 1.165) is 36.8 Å². The third-order valence-corrected chi connectivity index (χ3v) is 4.21. The molecule has 24 heavy (non-hydrogen) atoms. The van der Waals surface area contributed by atoms with Crippen molar-refractivity contribution in [2.24, 2.45) is 0 Å². The second-order valence-electron chi connectivity index (χ2n) is 6.75. The molecule has 0 radical (unpaired) electrons. The van der Waals surface area contributed by atoms with E-state index in [4.69, 9.17) is 0 Å². The highest BCUT2D eigenvalue weighted by atomic mass is 16.3. The maximum atomic E-state index is 12.1. The molecule has 0 spiro atoms. The molecule has 0 unspecified atom stereocenters. The van der Waals surface area contributed by atoms with Crippen molar-refractivity contribution in [3.63, 3.8) is 0 Å². The third-order valence-electron chi connectivity index (χ3n) is 4.21. The van der Waals surface area contributed by atoms with E-state index in [-0.39, 0.29) is 11.8 Å². The minimum absolute atomic E-state index is 0.123. The van der Waals surface area contributed by atoms with Crippen LogP contribution in [0.4, 0.5) is 0 Å². The van der Waals surface area contributed by atoms with E-state index in [1.54, 1.807) is 18.2 Å². The number of hydrogen-bond acceptors (Lipinski definition) is 3. The van der Waals surface area contributed by atoms with Gasteiger partial charge in [0.25, 0.3) is 5.91 Å². The van der Waals surface area contributed by atoms with Crippen LogP contribution in [0.25, 0.3) is 0 Å². The van der Waals surface area contributed by atoms with Crippen molar-refractivity contribution in [3.05, 3.63) is 47.0 Å². The third kappa shape index (κ3) is 5.49. The van der Waals surface area contributed by atoms with Gasteiger partial charge in [0.15, 0.2) is 0 Å². The molecule has 130 valence electrons. The lowest BCUT2D eigenvalue weighted by molar-refractivity contribution is -0.116. The summed E-state index contributed by atoms with van der Waals surface area (Å²) >= 11 is 0. The van der Waals surface area contributed by atoms with Crippen molar-refractivity contribution in [2.45, 2.75) is 51.7 Å². The first kappa shape index (κ1) is 18.2. The Morgan fingerprint density at radius 3 is 2.33 bits per heavy atom. The van der Waals surface area contributed by atoms with Crippen LogP contribution in [-0.2, 0) is 11.3 Å². The Hall–Kier alpha value is -2.14. The molecule has 1 aliphatic rings. The van der Waals surface area contributed by atoms with Crippen molar-refractivity contribution < 1.29 is 14.7 Å². The van der Waals surface area contributed by atoms with Crippen molar-refractivity contribution in [3.8, 4) is 0 Å². The molecule has 2 rings (SSSR count). The SMILES string of the molecule is CC(C)=CC(=O)NCc1ccc(C(=O)NCC2(O)CCCC2)cc1. The first-order valence-electron chi connectivity index (χ1n) is 8.40. The van der Waals surface area contributed by atoms with Gasteiger partial charge in [0.1, 0.15) is 0 Å². The van der Waals surface area contributed by atoms with E-state index in [0.29, 0.717) is 18.7 Å². The van der Waals surface area contributed by atoms with Crippen LogP contribution in [0.15, 0.2) is 35.9 Å². The lowest BCUT2D eigenvalue weighted by Crippen LogP contribution is -2.40. The number of allylic oxidation sites excluding steroid dienone is 1. The average molecular weight is 330 g/mol. The maximum Gasteiger partial charge on any atom is 0.251 e. The summed E-state index contributed by atoms with van der Waals surface area (Å²) in [7, 11) is 0. The molecular formula is C19H26N2O3. The minimum Gasteiger partial charge on any atom is -0.388 e. The first-order valence-corrected chi connectivity index (χ1v) is 8.40. The van der Waals surface area contributed by atoms with Crippen LogP contribution in [-0.4, -0.2) is 29.1 Å². The van der Waals surface area contributed by atoms with Crippen LogP contribution in [0.5, 0.6) is 0 Å². The Morgan fingerprint density at radius 2 is 1.75 bits per heavy atom. The van der Waals surface area contributed by atoms with Gasteiger partial charge in [-0.1, -0.05) is 30.5 Å². The summed E-state index contributed by atoms with van der Waals surface area (Å²) in [6.45, 7) is 4.46. The van der Waals surface area contributed by atoms with Crippen molar-refractivity contribution >= 4 is 11.8 Å². The van der Waals surface area contributed by atoms with Crippen LogP contribution in [0.3, 0.4) is 0 Å². The number of rotatable bonds is 6. The fourth-order valence-corrected chi connectivity index (χ4v) is 2.83. The zero-order valence-corrected chi connectivity index (χ0v) is 14.4. The molecule has 1 aromatic rings. The summed E-state index contributed by atoms with van der Waals surface area (Å²) in [4.78, 5) is 23.7. The second-order valence-corrected chi connectivity index (χ2v) is 6.75. The lowest BCUT2D eigenvalue weighted by atomic mass is 10.0. The maximum absolute atomic E-state index is 12.1. The molecular weight excluding hydrogens is 304 g/mol. The molecule has 0 aliphatic heterocycles. The van der Waals surface area contributed by atoms with Gasteiger partial charge in [-0.3, -0.25) is 9.59 Å². The molecule has 0 heterocycles. The first-order chi connectivity index (χ1) is 11.4. The largest absolute Gasteiger partial charge is 0.388 e. The molecule has 1 fully saturated rings. The van der Waals surface area contributed by atoms with Crippen LogP contribution in [0.2, 0.25) is 0 Å². The number of amides is 2. The zero-order valence-electron chi connectivity index (χ0n) is 14.4. The normalized spacial score (nSPS) is 15.6. The van der Waals surface area contributed by atoms with Gasteiger partial charge in [0.05, 0.1) is 5.60 Å². The molecule has 0 aromatic heterocycles. The van der Waals surface area contributed by atoms with Crippen LogP contribution < -0.4 is 10.6 Å². The van der Waals surface area contributed by atoms with E-state index in [9.17, 15) is 14.7 Å². The monoisotopic (exact) mass is 330 g/mol.